The Kier molecular flexibility index (Phi) is 8.17. The summed E-state index contributed by atoms with van der Waals surface area (Å²) in [6.45, 7) is 1.12. The van der Waals surface area contributed by atoms with E-state index in [1.54, 1.807) is 24.3 Å². The molecule has 0 radical (unpaired) electrons. The maximum atomic E-state index is 11.9. The number of alkyl halides is 3. The lowest BCUT2D eigenvalue weighted by molar-refractivity contribution is -0.192. The number of carboxylic acid groups (broad SMARTS) is 2. The fourth-order valence-electron chi connectivity index (χ4n) is 2.51. The van der Waals surface area contributed by atoms with E-state index in [9.17, 15) is 22.8 Å². The third-order valence-corrected chi connectivity index (χ3v) is 4.04. The molecule has 0 saturated heterocycles. The molecule has 0 amide bonds. The molecule has 0 fully saturated rings. The normalized spacial score (nSPS) is 14.7. The highest BCUT2D eigenvalue weighted by Gasteiger charge is 2.39. The van der Waals surface area contributed by atoms with E-state index in [0.29, 0.717) is 25.9 Å². The predicted octanol–water partition coefficient (Wildman–Crippen LogP) is 2.62. The summed E-state index contributed by atoms with van der Waals surface area (Å²) in [7, 11) is 1.41. The Morgan fingerprint density at radius 1 is 1.11 bits per heavy atom. The van der Waals surface area contributed by atoms with Crippen molar-refractivity contribution in [2.45, 2.75) is 25.6 Å². The third kappa shape index (κ3) is 6.69. The largest absolute Gasteiger partial charge is 0.490 e. The molecule has 1 aliphatic carbocycles. The predicted molar refractivity (Wildman–Crippen MR) is 91.6 cm³/mol. The second-order valence-electron chi connectivity index (χ2n) is 6.06. The topological polar surface area (TPSA) is 113 Å². The first-order valence-electron chi connectivity index (χ1n) is 8.08. The Balaban J connectivity index is 0.000000480. The van der Waals surface area contributed by atoms with Gasteiger partial charge < -0.3 is 20.3 Å². The van der Waals surface area contributed by atoms with Gasteiger partial charge in [0.05, 0.1) is 18.1 Å². The van der Waals surface area contributed by atoms with E-state index < -0.39 is 23.5 Å². The van der Waals surface area contributed by atoms with Crippen molar-refractivity contribution in [3.8, 4) is 0 Å². The van der Waals surface area contributed by atoms with Gasteiger partial charge in [0.15, 0.2) is 0 Å². The summed E-state index contributed by atoms with van der Waals surface area (Å²) in [5.74, 6) is -3.88. The molecule has 154 valence electrons. The van der Waals surface area contributed by atoms with Gasteiger partial charge in [-0.3, -0.25) is 4.79 Å². The van der Waals surface area contributed by atoms with Crippen LogP contribution in [0.2, 0.25) is 0 Å². The lowest BCUT2D eigenvalue weighted by atomic mass is 9.85. The fraction of sp³-hybridized carbons (Fsp3) is 0.389. The lowest BCUT2D eigenvalue weighted by Crippen LogP contribution is -2.39. The molecule has 0 bridgehead atoms. The van der Waals surface area contributed by atoms with Crippen LogP contribution in [0.4, 0.5) is 13.2 Å². The minimum absolute atomic E-state index is 0.193. The van der Waals surface area contributed by atoms with Crippen molar-refractivity contribution < 1.29 is 42.5 Å². The molecule has 3 N–H and O–H groups in total. The molecule has 1 aliphatic rings. The molecule has 0 aliphatic heterocycles. The highest BCUT2D eigenvalue weighted by atomic mass is 19.4. The van der Waals surface area contributed by atoms with Gasteiger partial charge in [-0.05, 0) is 30.5 Å². The summed E-state index contributed by atoms with van der Waals surface area (Å²) in [4.78, 5) is 31.6. The number of aliphatic carboxylic acids is 1. The maximum Gasteiger partial charge on any atom is 0.490 e. The number of carbonyl (C=O) groups is 3. The van der Waals surface area contributed by atoms with Crippen LogP contribution in [-0.2, 0) is 20.9 Å². The average molecular weight is 403 g/mol. The smallest absolute Gasteiger partial charge is 0.478 e. The fourth-order valence-corrected chi connectivity index (χ4v) is 2.51. The maximum absolute atomic E-state index is 11.9. The third-order valence-electron chi connectivity index (χ3n) is 4.04. The number of allylic oxidation sites excluding steroid dienone is 2. The first kappa shape index (κ1) is 23.2. The number of halogens is 3. The molecule has 1 aromatic rings. The molecule has 1 aromatic carbocycles. The molecule has 28 heavy (non-hydrogen) atoms. The number of methoxy groups -OCH3 is 1. The quantitative estimate of drug-likeness (QED) is 0.494. The van der Waals surface area contributed by atoms with Gasteiger partial charge in [0, 0.05) is 13.1 Å². The first-order chi connectivity index (χ1) is 13.0. The van der Waals surface area contributed by atoms with E-state index in [-0.39, 0.29) is 11.5 Å². The van der Waals surface area contributed by atoms with Crippen LogP contribution in [0.1, 0.15) is 28.8 Å². The first-order valence-corrected chi connectivity index (χ1v) is 8.08. The number of aromatic carboxylic acids is 1. The van der Waals surface area contributed by atoms with Crippen LogP contribution in [0.5, 0.6) is 0 Å². The van der Waals surface area contributed by atoms with Crippen LogP contribution in [0.3, 0.4) is 0 Å². The average Bonchev–Trinajstić information content (AvgIpc) is 3.11. The Bertz CT molecular complexity index is 720. The van der Waals surface area contributed by atoms with Gasteiger partial charge in [-0.25, -0.2) is 9.59 Å². The molecule has 2 rings (SSSR count). The summed E-state index contributed by atoms with van der Waals surface area (Å²) in [5, 5.41) is 19.2. The number of hydrogen-bond donors (Lipinski definition) is 3. The van der Waals surface area contributed by atoms with Gasteiger partial charge in [0.2, 0.25) is 0 Å². The summed E-state index contributed by atoms with van der Waals surface area (Å²) < 4.78 is 36.6. The van der Waals surface area contributed by atoms with E-state index in [1.165, 1.54) is 7.11 Å². The molecular formula is C18H20F3NO6. The summed E-state index contributed by atoms with van der Waals surface area (Å²) in [6, 6.07) is 6.70. The molecule has 0 spiro atoms. The van der Waals surface area contributed by atoms with Crippen molar-refractivity contribution in [3.63, 3.8) is 0 Å². The Morgan fingerprint density at radius 3 is 2.00 bits per heavy atom. The van der Waals surface area contributed by atoms with Gasteiger partial charge in [0.1, 0.15) is 0 Å². The minimum Gasteiger partial charge on any atom is -0.478 e. The molecule has 0 saturated carbocycles. The standard InChI is InChI=1S/C16H19NO4.C2HF3O2/c1-21-15(20)16(8-2-3-9-16)11-17-10-12-4-6-13(7-5-12)14(18)19;3-2(4,5)1(6)7/h2-7,17H,8-11H2,1H3,(H,18,19);(H,6,7). The minimum atomic E-state index is -5.08. The van der Waals surface area contributed by atoms with Gasteiger partial charge in [0.25, 0.3) is 0 Å². The second kappa shape index (κ2) is 9.88. The number of rotatable bonds is 6. The highest BCUT2D eigenvalue weighted by molar-refractivity contribution is 5.87. The molecule has 0 unspecified atom stereocenters. The zero-order chi connectivity index (χ0) is 21.4. The summed E-state index contributed by atoms with van der Waals surface area (Å²) in [5.41, 5.74) is 0.742. The van der Waals surface area contributed by atoms with E-state index in [2.05, 4.69) is 5.32 Å². The number of carboxylic acids is 2. The Hall–Kier alpha value is -2.88. The number of hydrogen-bond acceptors (Lipinski definition) is 5. The number of benzene rings is 1. The van der Waals surface area contributed by atoms with E-state index >= 15 is 0 Å². The van der Waals surface area contributed by atoms with Crippen LogP contribution in [-0.4, -0.2) is 48.0 Å². The van der Waals surface area contributed by atoms with Crippen molar-refractivity contribution in [2.75, 3.05) is 13.7 Å². The summed E-state index contributed by atoms with van der Waals surface area (Å²) >= 11 is 0. The zero-order valence-electron chi connectivity index (χ0n) is 15.0. The van der Waals surface area contributed by atoms with E-state index in [0.717, 1.165) is 5.56 Å². The molecule has 7 nitrogen and oxygen atoms in total. The second-order valence-corrected chi connectivity index (χ2v) is 6.06. The van der Waals surface area contributed by atoms with Crippen LogP contribution in [0, 0.1) is 5.41 Å². The van der Waals surface area contributed by atoms with Crippen LogP contribution in [0.25, 0.3) is 0 Å². The van der Waals surface area contributed by atoms with Crippen molar-refractivity contribution in [2.24, 2.45) is 5.41 Å². The molecule has 0 aromatic heterocycles. The zero-order valence-corrected chi connectivity index (χ0v) is 15.0. The molecule has 10 heteroatoms. The van der Waals surface area contributed by atoms with Gasteiger partial charge in [-0.15, -0.1) is 0 Å². The summed E-state index contributed by atoms with van der Waals surface area (Å²) in [6.07, 6.45) is 0.287. The van der Waals surface area contributed by atoms with Crippen molar-refractivity contribution in [3.05, 3.63) is 47.5 Å². The van der Waals surface area contributed by atoms with E-state index in [4.69, 9.17) is 19.7 Å². The van der Waals surface area contributed by atoms with Crippen molar-refractivity contribution in [1.29, 1.82) is 0 Å². The highest BCUT2D eigenvalue weighted by Crippen LogP contribution is 2.33. The van der Waals surface area contributed by atoms with Crippen LogP contribution < -0.4 is 5.32 Å². The van der Waals surface area contributed by atoms with Crippen molar-refractivity contribution in [1.82, 2.24) is 5.32 Å². The van der Waals surface area contributed by atoms with Crippen LogP contribution >= 0.6 is 0 Å². The monoisotopic (exact) mass is 403 g/mol. The number of ether oxygens (including phenoxy) is 1. The van der Waals surface area contributed by atoms with Gasteiger partial charge in [-0.1, -0.05) is 24.3 Å². The van der Waals surface area contributed by atoms with Gasteiger partial charge >= 0.3 is 24.1 Å². The SMILES string of the molecule is COC(=O)C1(CNCc2ccc(C(=O)O)cc2)CC=CC1.O=C(O)C(F)(F)F. The van der Waals surface area contributed by atoms with Crippen molar-refractivity contribution >= 4 is 17.9 Å². The molecule has 0 atom stereocenters. The molecular weight excluding hydrogens is 383 g/mol. The number of carbonyl (C=O) groups excluding carboxylic acids is 1. The molecule has 0 heterocycles. The van der Waals surface area contributed by atoms with Crippen LogP contribution in [0.15, 0.2) is 36.4 Å². The number of nitrogens with one attached hydrogen (secondary N) is 1. The lowest BCUT2D eigenvalue weighted by Gasteiger charge is -2.26. The Morgan fingerprint density at radius 2 is 1.61 bits per heavy atom. The van der Waals surface area contributed by atoms with E-state index in [1.807, 2.05) is 12.2 Å². The number of esters is 1. The van der Waals surface area contributed by atoms with Gasteiger partial charge in [-0.2, -0.15) is 13.2 Å². The Labute approximate surface area is 158 Å².